The zero-order valence-electron chi connectivity index (χ0n) is 16.4. The molecular formula is C18H24BClN2O5. The van der Waals surface area contributed by atoms with E-state index in [1.807, 2.05) is 27.7 Å². The highest BCUT2D eigenvalue weighted by atomic mass is 35.5. The summed E-state index contributed by atoms with van der Waals surface area (Å²) < 4.78 is 16.9. The molecule has 27 heavy (non-hydrogen) atoms. The van der Waals surface area contributed by atoms with Crippen LogP contribution >= 0.6 is 11.6 Å². The number of rotatable bonds is 5. The lowest BCUT2D eigenvalue weighted by Crippen LogP contribution is -2.41. The normalized spacial score (nSPS) is 18.3. The molecule has 1 N–H and O–H groups in total. The Morgan fingerprint density at radius 1 is 1.30 bits per heavy atom. The van der Waals surface area contributed by atoms with Gasteiger partial charge >= 0.3 is 13.1 Å². The third-order valence-electron chi connectivity index (χ3n) is 4.73. The van der Waals surface area contributed by atoms with Crippen LogP contribution in [0.4, 0.5) is 0 Å². The summed E-state index contributed by atoms with van der Waals surface area (Å²) in [6, 6.07) is 1.57. The minimum absolute atomic E-state index is 0.190. The Kier molecular flexibility index (Phi) is 6.34. The summed E-state index contributed by atoms with van der Waals surface area (Å²) in [7, 11) is 0.610. The van der Waals surface area contributed by atoms with Crippen LogP contribution in [-0.4, -0.2) is 48.8 Å². The maximum Gasteiger partial charge on any atom is 0.492 e. The first-order valence-corrected chi connectivity index (χ1v) is 8.89. The highest BCUT2D eigenvalue weighted by molar-refractivity contribution is 6.56. The number of hydrogen-bond acceptors (Lipinski definition) is 6. The van der Waals surface area contributed by atoms with Crippen LogP contribution in [0, 0.1) is 0 Å². The van der Waals surface area contributed by atoms with E-state index in [0.29, 0.717) is 11.0 Å². The number of carbonyl (C=O) groups is 2. The second-order valence-corrected chi connectivity index (χ2v) is 7.67. The molecule has 1 aliphatic heterocycles. The van der Waals surface area contributed by atoms with Crippen molar-refractivity contribution >= 4 is 36.7 Å². The molecule has 0 saturated carbocycles. The molecule has 0 unspecified atom stereocenters. The van der Waals surface area contributed by atoms with Gasteiger partial charge in [-0.15, -0.1) is 0 Å². The number of hydrogen-bond donors (Lipinski definition) is 1. The van der Waals surface area contributed by atoms with Crippen LogP contribution in [0.5, 0.6) is 0 Å². The van der Waals surface area contributed by atoms with Gasteiger partial charge in [0, 0.05) is 25.2 Å². The van der Waals surface area contributed by atoms with Crippen molar-refractivity contribution in [2.75, 3.05) is 13.7 Å². The van der Waals surface area contributed by atoms with Gasteiger partial charge in [0.1, 0.15) is 5.15 Å². The summed E-state index contributed by atoms with van der Waals surface area (Å²) >= 11 is 6.19. The minimum Gasteiger partial charge on any atom is -0.465 e. The second kappa shape index (κ2) is 8.00. The summed E-state index contributed by atoms with van der Waals surface area (Å²) in [4.78, 5) is 27.2. The maximum atomic E-state index is 11.8. The highest BCUT2D eigenvalue weighted by Gasteiger charge is 2.52. The number of halogens is 1. The Morgan fingerprint density at radius 3 is 2.41 bits per heavy atom. The van der Waals surface area contributed by atoms with Gasteiger partial charge in [-0.05, 0) is 39.2 Å². The Bertz CT molecular complexity index is 763. The van der Waals surface area contributed by atoms with Gasteiger partial charge in [0.2, 0.25) is 5.91 Å². The van der Waals surface area contributed by atoms with Crippen LogP contribution in [0.15, 0.2) is 17.7 Å². The number of carbonyl (C=O) groups excluding carboxylic acids is 2. The number of nitrogens with one attached hydrogen (secondary N) is 1. The molecule has 1 aliphatic rings. The van der Waals surface area contributed by atoms with Crippen LogP contribution in [0.3, 0.4) is 0 Å². The molecule has 7 nitrogen and oxygen atoms in total. The van der Waals surface area contributed by atoms with E-state index in [9.17, 15) is 9.59 Å². The van der Waals surface area contributed by atoms with Crippen LogP contribution in [0.1, 0.15) is 50.5 Å². The van der Waals surface area contributed by atoms with E-state index in [1.165, 1.54) is 20.2 Å². The topological polar surface area (TPSA) is 86.8 Å². The first-order chi connectivity index (χ1) is 12.5. The smallest absolute Gasteiger partial charge is 0.465 e. The lowest BCUT2D eigenvalue weighted by atomic mass is 9.77. The predicted octanol–water partition coefficient (Wildman–Crippen LogP) is 2.67. The Balaban J connectivity index is 2.43. The zero-order valence-corrected chi connectivity index (χ0v) is 17.1. The number of aromatic nitrogens is 1. The molecule has 1 aromatic heterocycles. The minimum atomic E-state index is -0.681. The molecule has 1 amide bonds. The first-order valence-electron chi connectivity index (χ1n) is 8.51. The average molecular weight is 395 g/mol. The Hall–Kier alpha value is -1.90. The zero-order chi connectivity index (χ0) is 20.4. The summed E-state index contributed by atoms with van der Waals surface area (Å²) in [5.41, 5.74) is 0.330. The van der Waals surface area contributed by atoms with Crippen molar-refractivity contribution in [1.82, 2.24) is 10.3 Å². The van der Waals surface area contributed by atoms with Crippen LogP contribution in [-0.2, 0) is 18.8 Å². The maximum absolute atomic E-state index is 11.8. The summed E-state index contributed by atoms with van der Waals surface area (Å²) in [6.07, 6.45) is 3.05. The quantitative estimate of drug-likeness (QED) is 0.469. The fourth-order valence-electron chi connectivity index (χ4n) is 2.42. The van der Waals surface area contributed by atoms with E-state index in [2.05, 4.69) is 10.3 Å². The van der Waals surface area contributed by atoms with Crippen molar-refractivity contribution in [3.8, 4) is 0 Å². The number of pyridine rings is 1. The molecule has 2 heterocycles. The van der Waals surface area contributed by atoms with E-state index >= 15 is 0 Å². The third-order valence-corrected chi connectivity index (χ3v) is 5.04. The summed E-state index contributed by atoms with van der Waals surface area (Å²) in [5.74, 6) is -0.710. The molecule has 0 atom stereocenters. The van der Waals surface area contributed by atoms with Crippen molar-refractivity contribution < 1.29 is 23.6 Å². The van der Waals surface area contributed by atoms with Gasteiger partial charge in [0.15, 0.2) is 0 Å². The van der Waals surface area contributed by atoms with Crippen molar-refractivity contribution in [1.29, 1.82) is 0 Å². The third kappa shape index (κ3) is 4.88. The van der Waals surface area contributed by atoms with Gasteiger partial charge in [-0.3, -0.25) is 4.79 Å². The fraction of sp³-hybridized carbons (Fsp3) is 0.500. The van der Waals surface area contributed by atoms with Crippen molar-refractivity contribution in [3.05, 3.63) is 34.0 Å². The SMILES string of the molecule is COC(=O)c1cnc(Cl)c(C=C(CNC(C)=O)B2OC(C)(C)C(C)(C)O2)c1. The number of ether oxygens (including phenoxy) is 1. The molecule has 9 heteroatoms. The van der Waals surface area contributed by atoms with Crippen LogP contribution < -0.4 is 5.32 Å². The average Bonchev–Trinajstić information content (AvgIpc) is 2.79. The molecule has 0 bridgehead atoms. The van der Waals surface area contributed by atoms with Crippen molar-refractivity contribution in [2.24, 2.45) is 0 Å². The van der Waals surface area contributed by atoms with Gasteiger partial charge in [0.05, 0.1) is 23.9 Å². The Labute approximate surface area is 164 Å². The molecule has 0 radical (unpaired) electrons. The van der Waals surface area contributed by atoms with Crippen LogP contribution in [0.25, 0.3) is 6.08 Å². The van der Waals surface area contributed by atoms with E-state index in [0.717, 1.165) is 0 Å². The largest absolute Gasteiger partial charge is 0.492 e. The lowest BCUT2D eigenvalue weighted by Gasteiger charge is -2.32. The fourth-order valence-corrected chi connectivity index (χ4v) is 2.58. The summed E-state index contributed by atoms with van der Waals surface area (Å²) in [5, 5.41) is 2.95. The van der Waals surface area contributed by atoms with Gasteiger partial charge in [-0.2, -0.15) is 0 Å². The van der Waals surface area contributed by atoms with E-state index < -0.39 is 24.3 Å². The number of amides is 1. The van der Waals surface area contributed by atoms with E-state index in [-0.39, 0.29) is 23.2 Å². The molecule has 0 aliphatic carbocycles. The van der Waals surface area contributed by atoms with E-state index in [1.54, 1.807) is 12.1 Å². The first kappa shape index (κ1) is 21.4. The lowest BCUT2D eigenvalue weighted by molar-refractivity contribution is -0.118. The molecule has 2 rings (SSSR count). The van der Waals surface area contributed by atoms with Crippen molar-refractivity contribution in [3.63, 3.8) is 0 Å². The predicted molar refractivity (Wildman–Crippen MR) is 103 cm³/mol. The monoisotopic (exact) mass is 394 g/mol. The van der Waals surface area contributed by atoms with Gasteiger partial charge in [0.25, 0.3) is 0 Å². The van der Waals surface area contributed by atoms with Gasteiger partial charge in [-0.1, -0.05) is 17.7 Å². The number of nitrogens with zero attached hydrogens (tertiary/aromatic N) is 1. The number of esters is 1. The standard InChI is InChI=1S/C18H24BClN2O5/c1-11(23)21-10-14(19-26-17(2,3)18(4,5)27-19)8-12-7-13(16(24)25-6)9-22-15(12)20/h7-9H,10H2,1-6H3,(H,21,23). The molecule has 1 saturated heterocycles. The highest BCUT2D eigenvalue weighted by Crippen LogP contribution is 2.39. The van der Waals surface area contributed by atoms with Gasteiger partial charge in [-0.25, -0.2) is 9.78 Å². The molecule has 0 aromatic carbocycles. The second-order valence-electron chi connectivity index (χ2n) is 7.31. The van der Waals surface area contributed by atoms with Gasteiger partial charge < -0.3 is 19.4 Å². The van der Waals surface area contributed by atoms with Crippen molar-refractivity contribution in [2.45, 2.75) is 45.8 Å². The molecule has 1 aromatic rings. The molecular weight excluding hydrogens is 370 g/mol. The molecule has 0 spiro atoms. The summed E-state index contributed by atoms with van der Waals surface area (Å²) in [6.45, 7) is 9.38. The Morgan fingerprint density at radius 2 is 1.89 bits per heavy atom. The van der Waals surface area contributed by atoms with E-state index in [4.69, 9.17) is 25.6 Å². The number of methoxy groups -OCH3 is 1. The van der Waals surface area contributed by atoms with Crippen LogP contribution in [0.2, 0.25) is 5.15 Å². The molecule has 1 fully saturated rings. The molecule has 146 valence electrons.